The van der Waals surface area contributed by atoms with Crippen molar-refractivity contribution in [1.29, 1.82) is 0 Å². The van der Waals surface area contributed by atoms with Gasteiger partial charge >= 0.3 is 0 Å². The molecule has 0 unspecified atom stereocenters. The van der Waals surface area contributed by atoms with E-state index in [-0.39, 0.29) is 37.3 Å². The van der Waals surface area contributed by atoms with Crippen molar-refractivity contribution in [2.75, 3.05) is 18.4 Å². The SMILES string of the molecule is CC(C)Sc1c(Cl)cccc1NC(=O)CNC(=O)CN.Cl. The van der Waals surface area contributed by atoms with Crippen molar-refractivity contribution < 1.29 is 9.59 Å². The first-order chi connectivity index (χ1) is 9.43. The summed E-state index contributed by atoms with van der Waals surface area (Å²) >= 11 is 7.72. The first kappa shape index (κ1) is 20.1. The van der Waals surface area contributed by atoms with Gasteiger partial charge in [0.1, 0.15) is 0 Å². The van der Waals surface area contributed by atoms with E-state index in [4.69, 9.17) is 17.3 Å². The molecular weight excluding hydrogens is 333 g/mol. The summed E-state index contributed by atoms with van der Waals surface area (Å²) in [5.74, 6) is -0.692. The molecule has 0 aliphatic rings. The van der Waals surface area contributed by atoms with Crippen LogP contribution in [0.25, 0.3) is 0 Å². The number of carbonyl (C=O) groups is 2. The number of halogens is 2. The van der Waals surface area contributed by atoms with Crippen LogP contribution in [-0.2, 0) is 9.59 Å². The van der Waals surface area contributed by atoms with E-state index in [2.05, 4.69) is 10.6 Å². The summed E-state index contributed by atoms with van der Waals surface area (Å²) in [7, 11) is 0. The summed E-state index contributed by atoms with van der Waals surface area (Å²) in [4.78, 5) is 23.6. The molecule has 0 aliphatic carbocycles. The van der Waals surface area contributed by atoms with Crippen molar-refractivity contribution in [3.05, 3.63) is 23.2 Å². The maximum atomic E-state index is 11.8. The zero-order valence-corrected chi connectivity index (χ0v) is 14.2. The lowest BCUT2D eigenvalue weighted by Gasteiger charge is -2.14. The lowest BCUT2D eigenvalue weighted by atomic mass is 10.3. The largest absolute Gasteiger partial charge is 0.346 e. The highest BCUT2D eigenvalue weighted by Crippen LogP contribution is 2.36. The van der Waals surface area contributed by atoms with Crippen molar-refractivity contribution in [3.8, 4) is 0 Å². The third kappa shape index (κ3) is 7.04. The van der Waals surface area contributed by atoms with Crippen LogP contribution in [0.3, 0.4) is 0 Å². The van der Waals surface area contributed by atoms with Crippen LogP contribution in [0.1, 0.15) is 13.8 Å². The van der Waals surface area contributed by atoms with Crippen molar-refractivity contribution in [3.63, 3.8) is 0 Å². The highest BCUT2D eigenvalue weighted by atomic mass is 35.5. The zero-order valence-electron chi connectivity index (χ0n) is 11.8. The average Bonchev–Trinajstić information content (AvgIpc) is 2.39. The molecule has 4 N–H and O–H groups in total. The number of anilines is 1. The van der Waals surface area contributed by atoms with Crippen LogP contribution in [0, 0.1) is 0 Å². The lowest BCUT2D eigenvalue weighted by molar-refractivity contribution is -0.123. The number of nitrogens with one attached hydrogen (secondary N) is 2. The smallest absolute Gasteiger partial charge is 0.243 e. The number of thioether (sulfide) groups is 1. The van der Waals surface area contributed by atoms with Crippen LogP contribution in [0.5, 0.6) is 0 Å². The Kier molecular flexibility index (Phi) is 9.44. The van der Waals surface area contributed by atoms with Gasteiger partial charge in [-0.05, 0) is 12.1 Å². The number of amides is 2. The predicted octanol–water partition coefficient (Wildman–Crippen LogP) is 2.28. The maximum absolute atomic E-state index is 11.8. The van der Waals surface area contributed by atoms with E-state index >= 15 is 0 Å². The van der Waals surface area contributed by atoms with Crippen LogP contribution in [0.15, 0.2) is 23.1 Å². The van der Waals surface area contributed by atoms with Gasteiger partial charge in [0, 0.05) is 10.1 Å². The summed E-state index contributed by atoms with van der Waals surface area (Å²) < 4.78 is 0. The van der Waals surface area contributed by atoms with Crippen molar-refractivity contribution in [2.45, 2.75) is 24.0 Å². The standard InChI is InChI=1S/C13H18ClN3O2S.ClH/c1-8(2)20-13-9(14)4-3-5-10(13)17-12(19)7-16-11(18)6-15;/h3-5,8H,6-7,15H2,1-2H3,(H,16,18)(H,17,19);1H. The number of rotatable bonds is 6. The van der Waals surface area contributed by atoms with Gasteiger partial charge in [-0.1, -0.05) is 31.5 Å². The Morgan fingerprint density at radius 2 is 2.00 bits per heavy atom. The number of carbonyl (C=O) groups excluding carboxylic acids is 2. The topological polar surface area (TPSA) is 84.2 Å². The highest BCUT2D eigenvalue weighted by molar-refractivity contribution is 8.00. The van der Waals surface area contributed by atoms with Crippen LogP contribution in [0.4, 0.5) is 5.69 Å². The minimum Gasteiger partial charge on any atom is -0.346 e. The number of hydrogen-bond donors (Lipinski definition) is 3. The summed E-state index contributed by atoms with van der Waals surface area (Å²) in [6.45, 7) is 3.83. The molecule has 1 aromatic carbocycles. The molecule has 1 rings (SSSR count). The molecule has 0 heterocycles. The second-order valence-electron chi connectivity index (χ2n) is 4.31. The van der Waals surface area contributed by atoms with E-state index in [0.29, 0.717) is 16.0 Å². The van der Waals surface area contributed by atoms with Crippen LogP contribution in [-0.4, -0.2) is 30.2 Å². The van der Waals surface area contributed by atoms with E-state index in [1.165, 1.54) is 0 Å². The highest BCUT2D eigenvalue weighted by Gasteiger charge is 2.12. The molecule has 21 heavy (non-hydrogen) atoms. The summed E-state index contributed by atoms with van der Waals surface area (Å²) in [6.07, 6.45) is 0. The van der Waals surface area contributed by atoms with Gasteiger partial charge in [0.15, 0.2) is 0 Å². The fraction of sp³-hybridized carbons (Fsp3) is 0.385. The minimum atomic E-state index is -0.372. The average molecular weight is 352 g/mol. The monoisotopic (exact) mass is 351 g/mol. The molecule has 0 spiro atoms. The Morgan fingerprint density at radius 3 is 2.57 bits per heavy atom. The first-order valence-electron chi connectivity index (χ1n) is 6.15. The van der Waals surface area contributed by atoms with Gasteiger partial charge in [-0.15, -0.1) is 24.2 Å². The fourth-order valence-electron chi connectivity index (χ4n) is 1.41. The van der Waals surface area contributed by atoms with Gasteiger partial charge in [-0.25, -0.2) is 0 Å². The predicted molar refractivity (Wildman–Crippen MR) is 90.4 cm³/mol. The number of hydrogen-bond acceptors (Lipinski definition) is 4. The third-order valence-corrected chi connectivity index (χ3v) is 3.80. The molecule has 0 saturated carbocycles. The zero-order chi connectivity index (χ0) is 15.1. The normalized spacial score (nSPS) is 9.95. The van der Waals surface area contributed by atoms with Crippen molar-refractivity contribution in [2.24, 2.45) is 5.73 Å². The first-order valence-corrected chi connectivity index (χ1v) is 7.41. The molecule has 0 atom stereocenters. The van der Waals surface area contributed by atoms with Crippen LogP contribution < -0.4 is 16.4 Å². The van der Waals surface area contributed by atoms with Crippen molar-refractivity contribution in [1.82, 2.24) is 5.32 Å². The summed E-state index contributed by atoms with van der Waals surface area (Å²) in [5.41, 5.74) is 5.79. The number of nitrogens with two attached hydrogens (primary N) is 1. The molecule has 0 radical (unpaired) electrons. The number of benzene rings is 1. The summed E-state index contributed by atoms with van der Waals surface area (Å²) in [5, 5.41) is 6.07. The Morgan fingerprint density at radius 1 is 1.33 bits per heavy atom. The second kappa shape index (κ2) is 9.89. The molecule has 0 bridgehead atoms. The van der Waals surface area contributed by atoms with Gasteiger partial charge in [0.2, 0.25) is 11.8 Å². The van der Waals surface area contributed by atoms with E-state index in [1.54, 1.807) is 30.0 Å². The van der Waals surface area contributed by atoms with Gasteiger partial charge in [0.25, 0.3) is 0 Å². The van der Waals surface area contributed by atoms with Gasteiger partial charge in [-0.2, -0.15) is 0 Å². The third-order valence-electron chi connectivity index (χ3n) is 2.23. The fourth-order valence-corrected chi connectivity index (χ4v) is 2.61. The molecule has 0 aromatic heterocycles. The molecule has 5 nitrogen and oxygen atoms in total. The van der Waals surface area contributed by atoms with E-state index in [9.17, 15) is 9.59 Å². The molecule has 8 heteroatoms. The maximum Gasteiger partial charge on any atom is 0.243 e. The molecule has 0 saturated heterocycles. The van der Waals surface area contributed by atoms with Crippen LogP contribution >= 0.6 is 35.8 Å². The Labute approximate surface area is 139 Å². The Bertz CT molecular complexity index is 498. The molecule has 118 valence electrons. The molecule has 2 amide bonds. The van der Waals surface area contributed by atoms with Gasteiger partial charge < -0.3 is 16.4 Å². The minimum absolute atomic E-state index is 0. The summed E-state index contributed by atoms with van der Waals surface area (Å²) in [6, 6.07) is 5.32. The molecule has 1 aromatic rings. The van der Waals surface area contributed by atoms with Gasteiger partial charge in [0.05, 0.1) is 23.8 Å². The Balaban J connectivity index is 0.00000400. The quantitative estimate of drug-likeness (QED) is 0.686. The molecular formula is C13H19Cl2N3O2S. The molecule has 0 fully saturated rings. The van der Waals surface area contributed by atoms with Gasteiger partial charge in [-0.3, -0.25) is 9.59 Å². The van der Waals surface area contributed by atoms with Crippen LogP contribution in [0.2, 0.25) is 5.02 Å². The van der Waals surface area contributed by atoms with E-state index in [0.717, 1.165) is 4.90 Å². The molecule has 0 aliphatic heterocycles. The lowest BCUT2D eigenvalue weighted by Crippen LogP contribution is -2.36. The van der Waals surface area contributed by atoms with E-state index in [1.807, 2.05) is 13.8 Å². The second-order valence-corrected chi connectivity index (χ2v) is 6.31. The Hall–Kier alpha value is -0.950. The van der Waals surface area contributed by atoms with E-state index < -0.39 is 0 Å². The van der Waals surface area contributed by atoms with Crippen molar-refractivity contribution >= 4 is 53.3 Å².